The number of aliphatic hydroxyl groups is 1. The second-order valence-corrected chi connectivity index (χ2v) is 4.66. The van der Waals surface area contributed by atoms with Crippen LogP contribution >= 0.6 is 15.9 Å². The minimum atomic E-state index is -0.591. The minimum absolute atomic E-state index is 0.248. The van der Waals surface area contributed by atoms with E-state index in [2.05, 4.69) is 15.9 Å². The first-order chi connectivity index (χ1) is 6.43. The summed E-state index contributed by atoms with van der Waals surface area (Å²) in [6.07, 6.45) is -0.591. The molecule has 3 N–H and O–H groups in total. The van der Waals surface area contributed by atoms with Crippen LogP contribution in [0.4, 0.5) is 0 Å². The van der Waals surface area contributed by atoms with Crippen LogP contribution in [0.3, 0.4) is 0 Å². The Balaban J connectivity index is 3.20. The van der Waals surface area contributed by atoms with Crippen molar-refractivity contribution in [3.8, 4) is 0 Å². The predicted octanol–water partition coefficient (Wildman–Crippen LogP) is 2.45. The maximum atomic E-state index is 9.88. The second-order valence-electron chi connectivity index (χ2n) is 3.74. The molecule has 0 aromatic heterocycles. The van der Waals surface area contributed by atoms with Crippen LogP contribution in [-0.4, -0.2) is 11.1 Å². The molecule has 78 valence electrons. The summed E-state index contributed by atoms with van der Waals surface area (Å²) in [6, 6.07) is 3.71. The molecular weight excluding hydrogens is 242 g/mol. The molecule has 2 nitrogen and oxygen atoms in total. The summed E-state index contributed by atoms with van der Waals surface area (Å²) in [5.41, 5.74) is 8.85. The van der Waals surface area contributed by atoms with Crippen LogP contribution in [0.25, 0.3) is 0 Å². The van der Waals surface area contributed by atoms with Crippen molar-refractivity contribution in [1.29, 1.82) is 0 Å². The van der Waals surface area contributed by atoms with E-state index in [9.17, 15) is 5.11 Å². The number of rotatable bonds is 2. The zero-order chi connectivity index (χ0) is 10.9. The smallest absolute Gasteiger partial charge is 0.0941 e. The maximum Gasteiger partial charge on any atom is 0.0941 e. The second kappa shape index (κ2) is 4.43. The lowest BCUT2D eigenvalue weighted by Gasteiger charge is -2.18. The van der Waals surface area contributed by atoms with Gasteiger partial charge in [-0.1, -0.05) is 15.9 Å². The Kier molecular flexibility index (Phi) is 3.70. The summed E-state index contributed by atoms with van der Waals surface area (Å²) < 4.78 is 0.982. The highest BCUT2D eigenvalue weighted by molar-refractivity contribution is 9.10. The molecule has 0 aliphatic carbocycles. The minimum Gasteiger partial charge on any atom is -0.387 e. The van der Waals surface area contributed by atoms with E-state index < -0.39 is 6.10 Å². The van der Waals surface area contributed by atoms with Gasteiger partial charge in [0, 0.05) is 10.5 Å². The molecule has 3 heteroatoms. The SMILES string of the molecule is Cc1cc(Br)cc(C(O)C(C)N)c1C. The monoisotopic (exact) mass is 257 g/mol. The Labute approximate surface area is 93.3 Å². The van der Waals surface area contributed by atoms with Crippen molar-refractivity contribution in [2.24, 2.45) is 5.73 Å². The normalized spacial score (nSPS) is 15.3. The van der Waals surface area contributed by atoms with E-state index >= 15 is 0 Å². The highest BCUT2D eigenvalue weighted by atomic mass is 79.9. The molecule has 0 spiro atoms. The maximum absolute atomic E-state index is 9.88. The van der Waals surface area contributed by atoms with Crippen LogP contribution in [-0.2, 0) is 0 Å². The lowest BCUT2D eigenvalue weighted by atomic mass is 9.96. The van der Waals surface area contributed by atoms with E-state index in [0.29, 0.717) is 0 Å². The van der Waals surface area contributed by atoms with Gasteiger partial charge in [0.25, 0.3) is 0 Å². The molecule has 1 aromatic carbocycles. The third kappa shape index (κ3) is 2.35. The Hall–Kier alpha value is -0.380. The molecule has 0 bridgehead atoms. The number of aliphatic hydroxyl groups excluding tert-OH is 1. The number of halogens is 1. The van der Waals surface area contributed by atoms with Gasteiger partial charge in [-0.05, 0) is 49.6 Å². The van der Waals surface area contributed by atoms with Crippen LogP contribution < -0.4 is 5.73 Å². The average Bonchev–Trinajstić information content (AvgIpc) is 2.09. The van der Waals surface area contributed by atoms with E-state index in [1.165, 1.54) is 0 Å². The van der Waals surface area contributed by atoms with Gasteiger partial charge in [0.05, 0.1) is 6.10 Å². The summed E-state index contributed by atoms with van der Waals surface area (Å²) in [7, 11) is 0. The third-order valence-electron chi connectivity index (χ3n) is 2.49. The largest absolute Gasteiger partial charge is 0.387 e. The van der Waals surface area contributed by atoms with Crippen molar-refractivity contribution in [2.45, 2.75) is 32.9 Å². The molecule has 0 aliphatic rings. The predicted molar refractivity (Wildman–Crippen MR) is 62.2 cm³/mol. The molecule has 2 unspecified atom stereocenters. The van der Waals surface area contributed by atoms with Crippen LogP contribution in [0.2, 0.25) is 0 Å². The summed E-state index contributed by atoms with van der Waals surface area (Å²) in [6.45, 7) is 5.83. The van der Waals surface area contributed by atoms with E-state index in [-0.39, 0.29) is 6.04 Å². The third-order valence-corrected chi connectivity index (χ3v) is 2.95. The Morgan fingerprint density at radius 2 is 1.93 bits per heavy atom. The van der Waals surface area contributed by atoms with Crippen molar-refractivity contribution in [1.82, 2.24) is 0 Å². The van der Waals surface area contributed by atoms with Crippen LogP contribution in [0.1, 0.15) is 29.7 Å². The zero-order valence-corrected chi connectivity index (χ0v) is 10.3. The van der Waals surface area contributed by atoms with Gasteiger partial charge < -0.3 is 10.8 Å². The van der Waals surface area contributed by atoms with Crippen LogP contribution in [0.15, 0.2) is 16.6 Å². The van der Waals surface area contributed by atoms with Gasteiger partial charge in [-0.2, -0.15) is 0 Å². The lowest BCUT2D eigenvalue weighted by molar-refractivity contribution is 0.152. The van der Waals surface area contributed by atoms with Gasteiger partial charge in [0.1, 0.15) is 0 Å². The zero-order valence-electron chi connectivity index (χ0n) is 8.71. The number of hydrogen-bond acceptors (Lipinski definition) is 2. The lowest BCUT2D eigenvalue weighted by Crippen LogP contribution is -2.25. The van der Waals surface area contributed by atoms with Crippen molar-refractivity contribution in [3.63, 3.8) is 0 Å². The fourth-order valence-electron chi connectivity index (χ4n) is 1.43. The van der Waals surface area contributed by atoms with Gasteiger partial charge in [0.2, 0.25) is 0 Å². The molecule has 0 saturated carbocycles. The molecule has 0 radical (unpaired) electrons. The van der Waals surface area contributed by atoms with Gasteiger partial charge in [-0.15, -0.1) is 0 Å². The highest BCUT2D eigenvalue weighted by Crippen LogP contribution is 2.26. The topological polar surface area (TPSA) is 46.2 Å². The summed E-state index contributed by atoms with van der Waals surface area (Å²) in [5, 5.41) is 9.88. The Morgan fingerprint density at radius 1 is 1.36 bits per heavy atom. The Bertz CT molecular complexity index is 336. The van der Waals surface area contributed by atoms with Gasteiger partial charge in [-0.3, -0.25) is 0 Å². The summed E-state index contributed by atoms with van der Waals surface area (Å²) in [4.78, 5) is 0. The van der Waals surface area contributed by atoms with E-state index in [4.69, 9.17) is 5.73 Å². The van der Waals surface area contributed by atoms with Crippen molar-refractivity contribution >= 4 is 15.9 Å². The molecule has 2 atom stereocenters. The van der Waals surface area contributed by atoms with E-state index in [1.807, 2.05) is 26.0 Å². The Morgan fingerprint density at radius 3 is 2.43 bits per heavy atom. The first-order valence-electron chi connectivity index (χ1n) is 4.63. The number of nitrogens with two attached hydrogens (primary N) is 1. The molecule has 0 heterocycles. The highest BCUT2D eigenvalue weighted by Gasteiger charge is 2.16. The van der Waals surface area contributed by atoms with Crippen LogP contribution in [0.5, 0.6) is 0 Å². The van der Waals surface area contributed by atoms with Gasteiger partial charge in [-0.25, -0.2) is 0 Å². The molecule has 0 saturated heterocycles. The fraction of sp³-hybridized carbons (Fsp3) is 0.455. The van der Waals surface area contributed by atoms with Crippen molar-refractivity contribution < 1.29 is 5.11 Å². The standard InChI is InChI=1S/C11H16BrNO/c1-6-4-9(12)5-10(7(6)2)11(14)8(3)13/h4-5,8,11,14H,13H2,1-3H3. The molecular formula is C11H16BrNO. The molecule has 1 aromatic rings. The number of hydrogen-bond donors (Lipinski definition) is 2. The molecule has 14 heavy (non-hydrogen) atoms. The summed E-state index contributed by atoms with van der Waals surface area (Å²) >= 11 is 3.41. The molecule has 1 rings (SSSR count). The molecule has 0 amide bonds. The quantitative estimate of drug-likeness (QED) is 0.855. The number of aryl methyl sites for hydroxylation is 1. The summed E-state index contributed by atoms with van der Waals surface area (Å²) in [5.74, 6) is 0. The molecule has 0 aliphatic heterocycles. The van der Waals surface area contributed by atoms with E-state index in [1.54, 1.807) is 6.92 Å². The van der Waals surface area contributed by atoms with Crippen molar-refractivity contribution in [3.05, 3.63) is 33.3 Å². The van der Waals surface area contributed by atoms with E-state index in [0.717, 1.165) is 21.2 Å². The van der Waals surface area contributed by atoms with Crippen LogP contribution in [0, 0.1) is 13.8 Å². The van der Waals surface area contributed by atoms with Gasteiger partial charge in [0.15, 0.2) is 0 Å². The molecule has 0 fully saturated rings. The van der Waals surface area contributed by atoms with Gasteiger partial charge >= 0.3 is 0 Å². The first kappa shape index (κ1) is 11.7. The number of benzene rings is 1. The first-order valence-corrected chi connectivity index (χ1v) is 5.43. The fourth-order valence-corrected chi connectivity index (χ4v) is 2.02. The average molecular weight is 258 g/mol. The van der Waals surface area contributed by atoms with Crippen molar-refractivity contribution in [2.75, 3.05) is 0 Å².